The Bertz CT molecular complexity index is 637. The molecule has 0 atom stereocenters. The Morgan fingerprint density at radius 1 is 1.00 bits per heavy atom. The van der Waals surface area contributed by atoms with Crippen molar-refractivity contribution < 1.29 is 9.47 Å². The van der Waals surface area contributed by atoms with Crippen molar-refractivity contribution in [1.29, 1.82) is 0 Å². The second kappa shape index (κ2) is 9.78. The van der Waals surface area contributed by atoms with E-state index >= 15 is 0 Å². The van der Waals surface area contributed by atoms with Crippen molar-refractivity contribution >= 4 is 22.4 Å². The molecule has 132 valence electrons. The number of hydrogen-bond donors (Lipinski definition) is 0. The van der Waals surface area contributed by atoms with Crippen molar-refractivity contribution in [1.82, 2.24) is 0 Å². The molecule has 0 unspecified atom stereocenters. The SMILES string of the molecule is CCc1cc(OCCCCCCl)c2ccccc2c1OCC(C)C. The van der Waals surface area contributed by atoms with Crippen molar-refractivity contribution in [2.75, 3.05) is 19.1 Å². The van der Waals surface area contributed by atoms with Gasteiger partial charge in [0.05, 0.1) is 13.2 Å². The minimum Gasteiger partial charge on any atom is -0.493 e. The van der Waals surface area contributed by atoms with Gasteiger partial charge in [0.25, 0.3) is 0 Å². The zero-order valence-corrected chi connectivity index (χ0v) is 15.9. The number of hydrogen-bond acceptors (Lipinski definition) is 2. The molecule has 0 amide bonds. The van der Waals surface area contributed by atoms with Crippen LogP contribution in [0.1, 0.15) is 45.6 Å². The summed E-state index contributed by atoms with van der Waals surface area (Å²) >= 11 is 5.73. The van der Waals surface area contributed by atoms with Crippen LogP contribution in [0.3, 0.4) is 0 Å². The Morgan fingerprint density at radius 3 is 2.42 bits per heavy atom. The molecular formula is C21H29ClO2. The number of halogens is 1. The molecule has 0 saturated heterocycles. The minimum atomic E-state index is 0.506. The molecule has 2 nitrogen and oxygen atoms in total. The lowest BCUT2D eigenvalue weighted by molar-refractivity contribution is 0.271. The smallest absolute Gasteiger partial charge is 0.130 e. The van der Waals surface area contributed by atoms with E-state index in [0.717, 1.165) is 67.0 Å². The quantitative estimate of drug-likeness (QED) is 0.374. The van der Waals surface area contributed by atoms with Crippen LogP contribution in [0.2, 0.25) is 0 Å². The number of unbranched alkanes of at least 4 members (excludes halogenated alkanes) is 2. The van der Waals surface area contributed by atoms with E-state index in [1.165, 1.54) is 5.56 Å². The first-order valence-corrected chi connectivity index (χ1v) is 9.57. The van der Waals surface area contributed by atoms with Gasteiger partial charge in [0.2, 0.25) is 0 Å². The van der Waals surface area contributed by atoms with E-state index in [1.54, 1.807) is 0 Å². The van der Waals surface area contributed by atoms with E-state index in [2.05, 4.69) is 51.1 Å². The molecule has 0 fully saturated rings. The molecule has 0 bridgehead atoms. The molecule has 3 heteroatoms. The summed E-state index contributed by atoms with van der Waals surface area (Å²) in [5.41, 5.74) is 1.21. The highest BCUT2D eigenvalue weighted by atomic mass is 35.5. The third-order valence-corrected chi connectivity index (χ3v) is 4.28. The topological polar surface area (TPSA) is 18.5 Å². The van der Waals surface area contributed by atoms with Crippen LogP contribution in [0.5, 0.6) is 11.5 Å². The summed E-state index contributed by atoms with van der Waals surface area (Å²) in [6.07, 6.45) is 4.13. The summed E-state index contributed by atoms with van der Waals surface area (Å²) in [5.74, 6) is 3.21. The van der Waals surface area contributed by atoms with Gasteiger partial charge < -0.3 is 9.47 Å². The van der Waals surface area contributed by atoms with E-state index in [9.17, 15) is 0 Å². The van der Waals surface area contributed by atoms with Gasteiger partial charge in [0.15, 0.2) is 0 Å². The molecular weight excluding hydrogens is 320 g/mol. The number of aryl methyl sites for hydroxylation is 1. The molecule has 2 aromatic rings. The maximum absolute atomic E-state index is 6.15. The third kappa shape index (κ3) is 5.04. The summed E-state index contributed by atoms with van der Waals surface area (Å²) in [6, 6.07) is 10.5. The summed E-state index contributed by atoms with van der Waals surface area (Å²) in [7, 11) is 0. The van der Waals surface area contributed by atoms with Gasteiger partial charge in [-0.05, 0) is 43.2 Å². The predicted molar refractivity (Wildman–Crippen MR) is 104 cm³/mol. The Hall–Kier alpha value is -1.41. The Morgan fingerprint density at radius 2 is 1.75 bits per heavy atom. The highest BCUT2D eigenvalue weighted by Gasteiger charge is 2.13. The predicted octanol–water partition coefficient (Wildman–Crippen LogP) is 6.22. The summed E-state index contributed by atoms with van der Waals surface area (Å²) in [4.78, 5) is 0. The van der Waals surface area contributed by atoms with Gasteiger partial charge in [-0.2, -0.15) is 0 Å². The van der Waals surface area contributed by atoms with Crippen molar-refractivity contribution in [3.05, 3.63) is 35.9 Å². The summed E-state index contributed by atoms with van der Waals surface area (Å²) in [5, 5.41) is 2.28. The van der Waals surface area contributed by atoms with Gasteiger partial charge >= 0.3 is 0 Å². The van der Waals surface area contributed by atoms with E-state index in [-0.39, 0.29) is 0 Å². The highest BCUT2D eigenvalue weighted by Crippen LogP contribution is 2.37. The van der Waals surface area contributed by atoms with Gasteiger partial charge in [0.1, 0.15) is 11.5 Å². The van der Waals surface area contributed by atoms with E-state index in [1.807, 2.05) is 0 Å². The van der Waals surface area contributed by atoms with Crippen LogP contribution in [0.4, 0.5) is 0 Å². The molecule has 0 saturated carbocycles. The van der Waals surface area contributed by atoms with Crippen molar-refractivity contribution in [2.24, 2.45) is 5.92 Å². The highest BCUT2D eigenvalue weighted by molar-refractivity contribution is 6.17. The van der Waals surface area contributed by atoms with Crippen LogP contribution in [-0.4, -0.2) is 19.1 Å². The second-order valence-corrected chi connectivity index (χ2v) is 6.94. The Kier molecular flexibility index (Phi) is 7.71. The molecule has 2 aromatic carbocycles. The number of fused-ring (bicyclic) bond motifs is 1. The molecule has 0 radical (unpaired) electrons. The van der Waals surface area contributed by atoms with Crippen LogP contribution in [0.15, 0.2) is 30.3 Å². The van der Waals surface area contributed by atoms with Gasteiger partial charge in [-0.15, -0.1) is 11.6 Å². The molecule has 0 heterocycles. The first-order valence-electron chi connectivity index (χ1n) is 9.03. The van der Waals surface area contributed by atoms with Crippen LogP contribution >= 0.6 is 11.6 Å². The first kappa shape index (κ1) is 18.9. The Balaban J connectivity index is 2.27. The number of benzene rings is 2. The van der Waals surface area contributed by atoms with Gasteiger partial charge in [-0.25, -0.2) is 0 Å². The fourth-order valence-electron chi connectivity index (χ4n) is 2.73. The average Bonchev–Trinajstić information content (AvgIpc) is 2.59. The normalized spacial score (nSPS) is 11.2. The molecule has 0 aliphatic heterocycles. The molecule has 0 aromatic heterocycles. The number of ether oxygens (including phenoxy) is 2. The Labute approximate surface area is 151 Å². The molecule has 0 N–H and O–H groups in total. The average molecular weight is 349 g/mol. The maximum Gasteiger partial charge on any atom is 0.130 e. The number of alkyl halides is 1. The molecule has 0 aliphatic carbocycles. The standard InChI is InChI=1S/C21H29ClO2/c1-4-17-14-20(23-13-9-5-8-12-22)18-10-6-7-11-19(18)21(17)24-15-16(2)3/h6-7,10-11,14,16H,4-5,8-9,12-13,15H2,1-3H3. The van der Waals surface area contributed by atoms with Crippen molar-refractivity contribution in [3.8, 4) is 11.5 Å². The first-order chi connectivity index (χ1) is 11.7. The fourth-order valence-corrected chi connectivity index (χ4v) is 2.92. The summed E-state index contributed by atoms with van der Waals surface area (Å²) in [6.45, 7) is 7.97. The van der Waals surface area contributed by atoms with Crippen molar-refractivity contribution in [2.45, 2.75) is 46.5 Å². The summed E-state index contributed by atoms with van der Waals surface area (Å²) < 4.78 is 12.2. The minimum absolute atomic E-state index is 0.506. The lowest BCUT2D eigenvalue weighted by Gasteiger charge is -2.18. The molecule has 0 aliphatic rings. The lowest BCUT2D eigenvalue weighted by atomic mass is 10.0. The van der Waals surface area contributed by atoms with Gasteiger partial charge in [0, 0.05) is 16.7 Å². The fraction of sp³-hybridized carbons (Fsp3) is 0.524. The van der Waals surface area contributed by atoms with E-state index in [0.29, 0.717) is 5.92 Å². The van der Waals surface area contributed by atoms with Crippen LogP contribution in [0, 0.1) is 5.92 Å². The van der Waals surface area contributed by atoms with Crippen LogP contribution < -0.4 is 9.47 Å². The largest absolute Gasteiger partial charge is 0.493 e. The molecule has 0 spiro atoms. The molecule has 24 heavy (non-hydrogen) atoms. The zero-order chi connectivity index (χ0) is 17.4. The zero-order valence-electron chi connectivity index (χ0n) is 15.1. The van der Waals surface area contributed by atoms with E-state index < -0.39 is 0 Å². The lowest BCUT2D eigenvalue weighted by Crippen LogP contribution is -2.07. The van der Waals surface area contributed by atoms with Crippen molar-refractivity contribution in [3.63, 3.8) is 0 Å². The maximum atomic E-state index is 6.15. The van der Waals surface area contributed by atoms with E-state index in [4.69, 9.17) is 21.1 Å². The molecule has 2 rings (SSSR count). The number of rotatable bonds is 10. The van der Waals surface area contributed by atoms with Gasteiger partial charge in [-0.1, -0.05) is 45.0 Å². The third-order valence-electron chi connectivity index (χ3n) is 4.01. The van der Waals surface area contributed by atoms with Gasteiger partial charge in [-0.3, -0.25) is 0 Å². The van der Waals surface area contributed by atoms with Crippen LogP contribution in [0.25, 0.3) is 10.8 Å². The van der Waals surface area contributed by atoms with Crippen LogP contribution in [-0.2, 0) is 6.42 Å². The second-order valence-electron chi connectivity index (χ2n) is 6.57. The monoisotopic (exact) mass is 348 g/mol.